The molecule has 1 amide bonds. The summed E-state index contributed by atoms with van der Waals surface area (Å²) in [5, 5.41) is 14.3. The van der Waals surface area contributed by atoms with Crippen LogP contribution in [0.4, 0.5) is 11.4 Å². The van der Waals surface area contributed by atoms with Crippen molar-refractivity contribution in [2.75, 3.05) is 5.32 Å². The molecular weight excluding hydrogens is 339 g/mol. The number of carbonyl (C=O) groups is 1. The molecule has 0 bridgehead atoms. The van der Waals surface area contributed by atoms with Crippen LogP contribution in [0.2, 0.25) is 15.1 Å². The second kappa shape index (κ2) is 6.30. The summed E-state index contributed by atoms with van der Waals surface area (Å²) in [5.41, 5.74) is -0.166. The molecule has 0 aliphatic heterocycles. The zero-order valence-corrected chi connectivity index (χ0v) is 12.5. The van der Waals surface area contributed by atoms with Crippen LogP contribution < -0.4 is 5.32 Å². The summed E-state index contributed by atoms with van der Waals surface area (Å²) in [6, 6.07) is 8.18. The van der Waals surface area contributed by atoms with E-state index in [0.29, 0.717) is 15.7 Å². The monoisotopic (exact) mass is 344 g/mol. The van der Waals surface area contributed by atoms with E-state index in [1.165, 1.54) is 36.4 Å². The van der Waals surface area contributed by atoms with Crippen LogP contribution in [0.25, 0.3) is 0 Å². The Balaban J connectivity index is 2.36. The molecule has 0 aliphatic carbocycles. The van der Waals surface area contributed by atoms with Crippen molar-refractivity contribution in [1.29, 1.82) is 0 Å². The van der Waals surface area contributed by atoms with Crippen molar-refractivity contribution in [1.82, 2.24) is 0 Å². The number of carbonyl (C=O) groups excluding carboxylic acids is 1. The minimum atomic E-state index is -0.678. The van der Waals surface area contributed by atoms with Crippen molar-refractivity contribution < 1.29 is 9.72 Å². The summed E-state index contributed by atoms with van der Waals surface area (Å²) in [5.74, 6) is -0.678. The molecule has 2 rings (SSSR count). The minimum Gasteiger partial charge on any atom is -0.322 e. The van der Waals surface area contributed by atoms with Crippen molar-refractivity contribution >= 4 is 52.1 Å². The predicted molar refractivity (Wildman–Crippen MR) is 82.5 cm³/mol. The lowest BCUT2D eigenvalue weighted by molar-refractivity contribution is -0.385. The normalized spacial score (nSPS) is 10.2. The largest absolute Gasteiger partial charge is 0.322 e. The topological polar surface area (TPSA) is 72.2 Å². The van der Waals surface area contributed by atoms with Crippen molar-refractivity contribution in [3.63, 3.8) is 0 Å². The van der Waals surface area contributed by atoms with Gasteiger partial charge < -0.3 is 5.32 Å². The third-order valence-corrected chi connectivity index (χ3v) is 3.19. The van der Waals surface area contributed by atoms with E-state index in [1.54, 1.807) is 0 Å². The third kappa shape index (κ3) is 3.85. The van der Waals surface area contributed by atoms with E-state index in [-0.39, 0.29) is 16.3 Å². The SMILES string of the molecule is O=C(Nc1cc(Cl)cc(Cl)c1)c1cc(Cl)ccc1[N+](=O)[O-]. The number of nitro benzene ring substituents is 1. The average Bonchev–Trinajstić information content (AvgIpc) is 2.36. The quantitative estimate of drug-likeness (QED) is 0.641. The molecule has 2 aromatic carbocycles. The van der Waals surface area contributed by atoms with Crippen LogP contribution in [-0.4, -0.2) is 10.8 Å². The van der Waals surface area contributed by atoms with Crippen LogP contribution in [-0.2, 0) is 0 Å². The maximum absolute atomic E-state index is 12.2. The Bertz CT molecular complexity index is 714. The van der Waals surface area contributed by atoms with Crippen molar-refractivity contribution in [3.05, 3.63) is 67.1 Å². The second-order valence-electron chi connectivity index (χ2n) is 4.03. The summed E-state index contributed by atoms with van der Waals surface area (Å²) >= 11 is 17.4. The molecule has 0 aromatic heterocycles. The molecule has 0 saturated carbocycles. The summed E-state index contributed by atoms with van der Waals surface area (Å²) in [6.45, 7) is 0. The molecule has 0 atom stereocenters. The van der Waals surface area contributed by atoms with E-state index >= 15 is 0 Å². The first-order chi connectivity index (χ1) is 9.86. The molecule has 0 aliphatic rings. The molecule has 1 N–H and O–H groups in total. The highest BCUT2D eigenvalue weighted by Gasteiger charge is 2.20. The van der Waals surface area contributed by atoms with Gasteiger partial charge in [-0.3, -0.25) is 14.9 Å². The Morgan fingerprint density at radius 3 is 2.19 bits per heavy atom. The predicted octanol–water partition coefficient (Wildman–Crippen LogP) is 4.81. The second-order valence-corrected chi connectivity index (χ2v) is 5.34. The van der Waals surface area contributed by atoms with Gasteiger partial charge in [-0.15, -0.1) is 0 Å². The van der Waals surface area contributed by atoms with Gasteiger partial charge in [0.2, 0.25) is 0 Å². The standard InChI is InChI=1S/C13H7Cl3N2O3/c14-7-1-2-12(18(20)21)11(6-7)13(19)17-10-4-8(15)3-9(16)5-10/h1-6H,(H,17,19). The first kappa shape index (κ1) is 15.6. The number of amides is 1. The summed E-state index contributed by atoms with van der Waals surface area (Å²) in [7, 11) is 0. The summed E-state index contributed by atoms with van der Waals surface area (Å²) in [4.78, 5) is 22.4. The van der Waals surface area contributed by atoms with Gasteiger partial charge in [0.1, 0.15) is 5.56 Å². The number of rotatable bonds is 3. The average molecular weight is 346 g/mol. The van der Waals surface area contributed by atoms with Crippen molar-refractivity contribution in [3.8, 4) is 0 Å². The molecule has 5 nitrogen and oxygen atoms in total. The molecule has 0 heterocycles. The van der Waals surface area contributed by atoms with E-state index in [2.05, 4.69) is 5.32 Å². The molecule has 0 saturated heterocycles. The van der Waals surface area contributed by atoms with Gasteiger partial charge in [-0.2, -0.15) is 0 Å². The lowest BCUT2D eigenvalue weighted by Crippen LogP contribution is -2.14. The Hall–Kier alpha value is -1.82. The van der Waals surface area contributed by atoms with E-state index in [0.717, 1.165) is 0 Å². The maximum Gasteiger partial charge on any atom is 0.282 e. The molecule has 108 valence electrons. The molecule has 0 fully saturated rings. The summed E-state index contributed by atoms with van der Waals surface area (Å²) in [6.07, 6.45) is 0. The lowest BCUT2D eigenvalue weighted by atomic mass is 10.1. The molecule has 21 heavy (non-hydrogen) atoms. The fourth-order valence-corrected chi connectivity index (χ4v) is 2.37. The van der Waals surface area contributed by atoms with Gasteiger partial charge in [0.25, 0.3) is 11.6 Å². The number of hydrogen-bond donors (Lipinski definition) is 1. The fraction of sp³-hybridized carbons (Fsp3) is 0. The fourth-order valence-electron chi connectivity index (χ4n) is 1.67. The van der Waals surface area contributed by atoms with Gasteiger partial charge in [0.05, 0.1) is 4.92 Å². The van der Waals surface area contributed by atoms with Gasteiger partial charge >= 0.3 is 0 Å². The highest BCUT2D eigenvalue weighted by molar-refractivity contribution is 6.35. The lowest BCUT2D eigenvalue weighted by Gasteiger charge is -2.07. The number of nitro groups is 1. The number of nitrogens with one attached hydrogen (secondary N) is 1. The van der Waals surface area contributed by atoms with Crippen LogP contribution >= 0.6 is 34.8 Å². The highest BCUT2D eigenvalue weighted by Crippen LogP contribution is 2.26. The van der Waals surface area contributed by atoms with Crippen LogP contribution in [0.5, 0.6) is 0 Å². The van der Waals surface area contributed by atoms with Gasteiger partial charge in [-0.25, -0.2) is 0 Å². The smallest absolute Gasteiger partial charge is 0.282 e. The minimum absolute atomic E-state index is 0.149. The summed E-state index contributed by atoms with van der Waals surface area (Å²) < 4.78 is 0. The molecule has 0 unspecified atom stereocenters. The van der Waals surface area contributed by atoms with E-state index in [1.807, 2.05) is 0 Å². The van der Waals surface area contributed by atoms with Crippen LogP contribution in [0, 0.1) is 10.1 Å². The Morgan fingerprint density at radius 2 is 1.62 bits per heavy atom. The Kier molecular flexibility index (Phi) is 4.67. The van der Waals surface area contributed by atoms with Gasteiger partial charge in [0.15, 0.2) is 0 Å². The first-order valence-electron chi connectivity index (χ1n) is 5.58. The molecule has 0 radical (unpaired) electrons. The number of halogens is 3. The Morgan fingerprint density at radius 1 is 1.00 bits per heavy atom. The molecule has 2 aromatic rings. The maximum atomic E-state index is 12.2. The van der Waals surface area contributed by atoms with Gasteiger partial charge in [-0.05, 0) is 30.3 Å². The van der Waals surface area contributed by atoms with Gasteiger partial charge in [0, 0.05) is 26.8 Å². The third-order valence-electron chi connectivity index (χ3n) is 2.52. The van der Waals surface area contributed by atoms with E-state index < -0.39 is 10.8 Å². The van der Waals surface area contributed by atoms with Crippen molar-refractivity contribution in [2.24, 2.45) is 0 Å². The Labute approximate surface area is 134 Å². The van der Waals surface area contributed by atoms with E-state index in [4.69, 9.17) is 34.8 Å². The zero-order chi connectivity index (χ0) is 15.6. The van der Waals surface area contributed by atoms with Crippen LogP contribution in [0.3, 0.4) is 0 Å². The molecule has 0 spiro atoms. The van der Waals surface area contributed by atoms with Crippen LogP contribution in [0.1, 0.15) is 10.4 Å². The molecule has 8 heteroatoms. The van der Waals surface area contributed by atoms with Gasteiger partial charge in [-0.1, -0.05) is 34.8 Å². The number of anilines is 1. The molecular formula is C13H7Cl3N2O3. The number of nitrogens with zero attached hydrogens (tertiary/aromatic N) is 1. The highest BCUT2D eigenvalue weighted by atomic mass is 35.5. The number of benzene rings is 2. The van der Waals surface area contributed by atoms with E-state index in [9.17, 15) is 14.9 Å². The zero-order valence-electron chi connectivity index (χ0n) is 10.3. The van der Waals surface area contributed by atoms with Crippen molar-refractivity contribution in [2.45, 2.75) is 0 Å². The van der Waals surface area contributed by atoms with Crippen LogP contribution in [0.15, 0.2) is 36.4 Å². The first-order valence-corrected chi connectivity index (χ1v) is 6.71. The number of hydrogen-bond acceptors (Lipinski definition) is 3.